The van der Waals surface area contributed by atoms with Gasteiger partial charge < -0.3 is 19.9 Å². The number of aromatic nitrogens is 2. The Balaban J connectivity index is 1.74. The molecule has 0 saturated carbocycles. The maximum Gasteiger partial charge on any atom is 0.287 e. The SMILES string of the molecule is COCCNC(=O)c1nc(C(=O)NCc2ccc(Cl)cc2)c2n1CCCC2. The molecule has 0 radical (unpaired) electrons. The molecule has 0 fully saturated rings. The number of benzene rings is 1. The van der Waals surface area contributed by atoms with Crippen molar-refractivity contribution in [3.05, 3.63) is 52.1 Å². The average Bonchev–Trinajstić information content (AvgIpc) is 3.07. The summed E-state index contributed by atoms with van der Waals surface area (Å²) < 4.78 is 6.82. The first-order chi connectivity index (χ1) is 13.1. The van der Waals surface area contributed by atoms with Crippen molar-refractivity contribution in [2.45, 2.75) is 32.4 Å². The Labute approximate surface area is 163 Å². The predicted molar refractivity (Wildman–Crippen MR) is 102 cm³/mol. The zero-order chi connectivity index (χ0) is 19.2. The van der Waals surface area contributed by atoms with E-state index < -0.39 is 0 Å². The second kappa shape index (κ2) is 9.01. The minimum atomic E-state index is -0.285. The summed E-state index contributed by atoms with van der Waals surface area (Å²) in [5.74, 6) is -0.268. The third-order valence-corrected chi connectivity index (χ3v) is 4.75. The summed E-state index contributed by atoms with van der Waals surface area (Å²) in [5.41, 5.74) is 2.10. The van der Waals surface area contributed by atoms with E-state index in [9.17, 15) is 9.59 Å². The van der Waals surface area contributed by atoms with Gasteiger partial charge in [0.1, 0.15) is 5.69 Å². The summed E-state index contributed by atoms with van der Waals surface area (Å²) in [4.78, 5) is 29.5. The van der Waals surface area contributed by atoms with Gasteiger partial charge in [0, 0.05) is 31.8 Å². The molecule has 3 rings (SSSR count). The molecule has 0 unspecified atom stereocenters. The van der Waals surface area contributed by atoms with Crippen LogP contribution in [-0.2, 0) is 24.2 Å². The maximum atomic E-state index is 12.7. The Bertz CT molecular complexity index is 817. The number of nitrogens with one attached hydrogen (secondary N) is 2. The van der Waals surface area contributed by atoms with Crippen LogP contribution >= 0.6 is 11.6 Å². The highest BCUT2D eigenvalue weighted by Crippen LogP contribution is 2.21. The Morgan fingerprint density at radius 2 is 1.96 bits per heavy atom. The van der Waals surface area contributed by atoms with Gasteiger partial charge in [0.2, 0.25) is 0 Å². The molecule has 144 valence electrons. The topological polar surface area (TPSA) is 85.2 Å². The maximum absolute atomic E-state index is 12.7. The van der Waals surface area contributed by atoms with E-state index in [0.717, 1.165) is 30.5 Å². The molecule has 2 aromatic rings. The fraction of sp³-hybridized carbons (Fsp3) is 0.421. The molecule has 7 nitrogen and oxygen atoms in total. The summed E-state index contributed by atoms with van der Waals surface area (Å²) in [6, 6.07) is 7.29. The van der Waals surface area contributed by atoms with Crippen LogP contribution in [0.3, 0.4) is 0 Å². The fourth-order valence-electron chi connectivity index (χ4n) is 3.11. The second-order valence-corrected chi connectivity index (χ2v) is 6.83. The summed E-state index contributed by atoms with van der Waals surface area (Å²) in [6.07, 6.45) is 2.68. The molecule has 1 aromatic carbocycles. The molecule has 8 heteroatoms. The summed E-state index contributed by atoms with van der Waals surface area (Å²) in [6.45, 7) is 1.89. The molecule has 0 aliphatic carbocycles. The zero-order valence-electron chi connectivity index (χ0n) is 15.3. The Hall–Kier alpha value is -2.38. The molecule has 2 amide bonds. The van der Waals surface area contributed by atoms with Gasteiger partial charge >= 0.3 is 0 Å². The summed E-state index contributed by atoms with van der Waals surface area (Å²) >= 11 is 5.88. The van der Waals surface area contributed by atoms with Crippen molar-refractivity contribution in [3.8, 4) is 0 Å². The van der Waals surface area contributed by atoms with Crippen LogP contribution in [0.15, 0.2) is 24.3 Å². The van der Waals surface area contributed by atoms with Gasteiger partial charge in [-0.2, -0.15) is 0 Å². The standard InChI is InChI=1S/C19H23ClN4O3/c1-27-11-9-21-19(26)17-23-16(15-4-2-3-10-24(15)17)18(25)22-12-13-5-7-14(20)8-6-13/h5-8H,2-4,9-12H2,1H3,(H,21,26)(H,22,25). The Morgan fingerprint density at radius 1 is 1.19 bits per heavy atom. The number of carbonyl (C=O) groups excluding carboxylic acids is 2. The van der Waals surface area contributed by atoms with Crippen molar-refractivity contribution < 1.29 is 14.3 Å². The van der Waals surface area contributed by atoms with Crippen molar-refractivity contribution in [3.63, 3.8) is 0 Å². The molecule has 0 spiro atoms. The second-order valence-electron chi connectivity index (χ2n) is 6.40. The van der Waals surface area contributed by atoms with Gasteiger partial charge in [-0.05, 0) is 37.0 Å². The number of halogens is 1. The largest absolute Gasteiger partial charge is 0.383 e. The molecular formula is C19H23ClN4O3. The Kier molecular flexibility index (Phi) is 6.47. The van der Waals surface area contributed by atoms with E-state index in [1.165, 1.54) is 0 Å². The van der Waals surface area contributed by atoms with Crippen LogP contribution in [0.1, 0.15) is 45.2 Å². The van der Waals surface area contributed by atoms with Crippen molar-refractivity contribution in [1.29, 1.82) is 0 Å². The monoisotopic (exact) mass is 390 g/mol. The van der Waals surface area contributed by atoms with Crippen molar-refractivity contribution in [2.75, 3.05) is 20.3 Å². The average molecular weight is 391 g/mol. The lowest BCUT2D eigenvalue weighted by molar-refractivity contribution is 0.0921. The number of carbonyl (C=O) groups is 2. The molecule has 27 heavy (non-hydrogen) atoms. The molecule has 1 aromatic heterocycles. The first kappa shape index (κ1) is 19.4. The van der Waals surface area contributed by atoms with Crippen molar-refractivity contribution in [1.82, 2.24) is 20.2 Å². The summed E-state index contributed by atoms with van der Waals surface area (Å²) in [7, 11) is 1.58. The fourth-order valence-corrected chi connectivity index (χ4v) is 3.24. The third-order valence-electron chi connectivity index (χ3n) is 4.49. The lowest BCUT2D eigenvalue weighted by Crippen LogP contribution is -2.30. The van der Waals surface area contributed by atoms with Crippen LogP contribution in [0.4, 0.5) is 0 Å². The third kappa shape index (κ3) is 4.67. The van der Waals surface area contributed by atoms with E-state index in [1.54, 1.807) is 19.2 Å². The Morgan fingerprint density at radius 3 is 2.70 bits per heavy atom. The van der Waals surface area contributed by atoms with E-state index in [0.29, 0.717) is 37.0 Å². The van der Waals surface area contributed by atoms with Crippen LogP contribution in [0.5, 0.6) is 0 Å². The number of nitrogens with zero attached hydrogens (tertiary/aromatic N) is 2. The normalized spacial score (nSPS) is 13.1. The van der Waals surface area contributed by atoms with Crippen LogP contribution in [0.25, 0.3) is 0 Å². The molecule has 1 aliphatic rings. The van der Waals surface area contributed by atoms with Crippen LogP contribution in [0.2, 0.25) is 5.02 Å². The first-order valence-electron chi connectivity index (χ1n) is 8.99. The molecule has 1 aliphatic heterocycles. The zero-order valence-corrected chi connectivity index (χ0v) is 16.0. The highest BCUT2D eigenvalue weighted by molar-refractivity contribution is 6.30. The molecule has 0 atom stereocenters. The van der Waals surface area contributed by atoms with Crippen LogP contribution < -0.4 is 10.6 Å². The minimum Gasteiger partial charge on any atom is -0.383 e. The predicted octanol–water partition coefficient (Wildman–Crippen LogP) is 2.18. The van der Waals surface area contributed by atoms with Gasteiger partial charge in [-0.25, -0.2) is 4.98 Å². The van der Waals surface area contributed by atoms with Gasteiger partial charge in [-0.15, -0.1) is 0 Å². The number of ether oxygens (including phenoxy) is 1. The van der Waals surface area contributed by atoms with Gasteiger partial charge in [0.05, 0.1) is 12.3 Å². The minimum absolute atomic E-state index is 0.272. The molecule has 0 bridgehead atoms. The number of rotatable bonds is 7. The van der Waals surface area contributed by atoms with E-state index in [1.807, 2.05) is 16.7 Å². The van der Waals surface area contributed by atoms with Gasteiger partial charge in [0.25, 0.3) is 11.8 Å². The van der Waals surface area contributed by atoms with E-state index >= 15 is 0 Å². The van der Waals surface area contributed by atoms with Crippen molar-refractivity contribution >= 4 is 23.4 Å². The van der Waals surface area contributed by atoms with Crippen LogP contribution in [0, 0.1) is 0 Å². The first-order valence-corrected chi connectivity index (χ1v) is 9.37. The molecule has 2 heterocycles. The van der Waals surface area contributed by atoms with E-state index in [4.69, 9.17) is 16.3 Å². The number of hydrogen-bond acceptors (Lipinski definition) is 4. The number of hydrogen-bond donors (Lipinski definition) is 2. The van der Waals surface area contributed by atoms with Crippen LogP contribution in [-0.4, -0.2) is 41.6 Å². The highest BCUT2D eigenvalue weighted by Gasteiger charge is 2.27. The molecular weight excluding hydrogens is 368 g/mol. The summed E-state index contributed by atoms with van der Waals surface area (Å²) in [5, 5.41) is 6.30. The number of fused-ring (bicyclic) bond motifs is 1. The number of methoxy groups -OCH3 is 1. The van der Waals surface area contributed by atoms with E-state index in [-0.39, 0.29) is 17.6 Å². The lowest BCUT2D eigenvalue weighted by Gasteiger charge is -2.17. The van der Waals surface area contributed by atoms with Crippen molar-refractivity contribution in [2.24, 2.45) is 0 Å². The van der Waals surface area contributed by atoms with Gasteiger partial charge in [-0.3, -0.25) is 9.59 Å². The van der Waals surface area contributed by atoms with E-state index in [2.05, 4.69) is 15.6 Å². The lowest BCUT2D eigenvalue weighted by atomic mass is 10.1. The van der Waals surface area contributed by atoms with Gasteiger partial charge in [-0.1, -0.05) is 23.7 Å². The quantitative estimate of drug-likeness (QED) is 0.709. The number of amides is 2. The number of imidazole rings is 1. The molecule has 0 saturated heterocycles. The molecule has 2 N–H and O–H groups in total. The van der Waals surface area contributed by atoms with Gasteiger partial charge in [0.15, 0.2) is 5.82 Å². The smallest absolute Gasteiger partial charge is 0.287 e. The highest BCUT2D eigenvalue weighted by atomic mass is 35.5.